The van der Waals surface area contributed by atoms with Crippen molar-refractivity contribution < 1.29 is 62.2 Å². The zero-order valence-corrected chi connectivity index (χ0v) is 17.6. The van der Waals surface area contributed by atoms with Crippen molar-refractivity contribution in [2.45, 2.75) is 102 Å². The van der Waals surface area contributed by atoms with Crippen molar-refractivity contribution in [1.82, 2.24) is 0 Å². The Hall–Kier alpha value is -0.920. The molecule has 0 rings (SSSR count). The van der Waals surface area contributed by atoms with E-state index in [-0.39, 0.29) is 27.7 Å². The van der Waals surface area contributed by atoms with E-state index in [1.165, 1.54) is 0 Å². The standard InChI is InChI=1S/C17H24F12O2/c1-8-12(6,14(21,9(18)19)16(25,26)27)10(2,3)31-17(28,29)11(4,5)30-13(7,20)15(22,23)24/h9H,8H2,1-7H3. The van der Waals surface area contributed by atoms with E-state index in [9.17, 15) is 52.7 Å². The van der Waals surface area contributed by atoms with Crippen molar-refractivity contribution in [2.24, 2.45) is 5.41 Å². The molecule has 0 amide bonds. The molecule has 3 atom stereocenters. The number of alkyl halides is 12. The first-order valence-corrected chi connectivity index (χ1v) is 8.74. The molecular weight excluding hydrogens is 464 g/mol. The van der Waals surface area contributed by atoms with E-state index < -0.39 is 59.4 Å². The third-order valence-corrected chi connectivity index (χ3v) is 5.59. The lowest BCUT2D eigenvalue weighted by molar-refractivity contribution is -0.437. The maximum atomic E-state index is 14.8. The van der Waals surface area contributed by atoms with Gasteiger partial charge in [-0.05, 0) is 34.1 Å². The van der Waals surface area contributed by atoms with Crippen molar-refractivity contribution in [3.63, 3.8) is 0 Å². The topological polar surface area (TPSA) is 18.5 Å². The zero-order valence-electron chi connectivity index (χ0n) is 17.6. The van der Waals surface area contributed by atoms with Gasteiger partial charge in [-0.2, -0.15) is 35.1 Å². The fraction of sp³-hybridized carbons (Fsp3) is 1.00. The monoisotopic (exact) mass is 488 g/mol. The van der Waals surface area contributed by atoms with Crippen LogP contribution >= 0.6 is 0 Å². The molecule has 3 unspecified atom stereocenters. The Kier molecular flexibility index (Phi) is 7.90. The van der Waals surface area contributed by atoms with Crippen molar-refractivity contribution in [3.05, 3.63) is 0 Å². The van der Waals surface area contributed by atoms with E-state index in [1.54, 1.807) is 0 Å². The summed E-state index contributed by atoms with van der Waals surface area (Å²) >= 11 is 0. The van der Waals surface area contributed by atoms with Crippen LogP contribution in [-0.2, 0) is 9.47 Å². The molecule has 0 spiro atoms. The van der Waals surface area contributed by atoms with Gasteiger partial charge >= 0.3 is 24.3 Å². The smallest absolute Gasteiger partial charge is 0.324 e. The Balaban J connectivity index is 6.39. The summed E-state index contributed by atoms with van der Waals surface area (Å²) in [5, 5.41) is 0. The molecule has 31 heavy (non-hydrogen) atoms. The third-order valence-electron chi connectivity index (χ3n) is 5.59. The first-order valence-electron chi connectivity index (χ1n) is 8.74. The molecule has 0 aliphatic carbocycles. The Morgan fingerprint density at radius 1 is 0.613 bits per heavy atom. The molecule has 0 aromatic heterocycles. The largest absolute Gasteiger partial charge is 0.448 e. The van der Waals surface area contributed by atoms with Gasteiger partial charge in [0.2, 0.25) is 0 Å². The summed E-state index contributed by atoms with van der Waals surface area (Å²) in [7, 11) is 0. The van der Waals surface area contributed by atoms with E-state index in [4.69, 9.17) is 0 Å². The van der Waals surface area contributed by atoms with Gasteiger partial charge in [-0.15, -0.1) is 0 Å². The van der Waals surface area contributed by atoms with Crippen LogP contribution < -0.4 is 0 Å². The quantitative estimate of drug-likeness (QED) is 0.316. The molecule has 0 heterocycles. The second-order valence-corrected chi connectivity index (χ2v) is 8.35. The lowest BCUT2D eigenvalue weighted by Crippen LogP contribution is -2.68. The number of ether oxygens (including phenoxy) is 2. The van der Waals surface area contributed by atoms with Crippen LogP contribution in [-0.4, -0.2) is 47.6 Å². The normalized spacial score (nSPS) is 20.9. The van der Waals surface area contributed by atoms with E-state index in [2.05, 4.69) is 9.47 Å². The SMILES string of the molecule is CCC(C)(C(C)(C)OC(F)(F)C(C)(C)OC(C)(F)C(F)(F)F)C(F)(C(F)F)C(F)(F)F. The van der Waals surface area contributed by atoms with Crippen LogP contribution in [0.15, 0.2) is 0 Å². The molecule has 0 bridgehead atoms. The predicted octanol–water partition coefficient (Wildman–Crippen LogP) is 7.37. The van der Waals surface area contributed by atoms with E-state index in [1.807, 2.05) is 0 Å². The second-order valence-electron chi connectivity index (χ2n) is 8.35. The van der Waals surface area contributed by atoms with E-state index in [0.29, 0.717) is 13.8 Å². The molecule has 0 radical (unpaired) electrons. The highest BCUT2D eigenvalue weighted by molar-refractivity contribution is 5.11. The van der Waals surface area contributed by atoms with Gasteiger partial charge in [-0.1, -0.05) is 13.8 Å². The van der Waals surface area contributed by atoms with Gasteiger partial charge in [0.1, 0.15) is 0 Å². The molecule has 0 aliphatic rings. The van der Waals surface area contributed by atoms with Gasteiger partial charge in [0.05, 0.1) is 5.60 Å². The predicted molar refractivity (Wildman–Crippen MR) is 85.1 cm³/mol. The van der Waals surface area contributed by atoms with Crippen molar-refractivity contribution >= 4 is 0 Å². The van der Waals surface area contributed by atoms with Gasteiger partial charge < -0.3 is 9.47 Å². The third kappa shape index (κ3) is 5.03. The van der Waals surface area contributed by atoms with Crippen molar-refractivity contribution in [3.8, 4) is 0 Å². The van der Waals surface area contributed by atoms with Crippen molar-refractivity contribution in [2.75, 3.05) is 0 Å². The van der Waals surface area contributed by atoms with Gasteiger partial charge in [0, 0.05) is 12.3 Å². The Labute approximate surface area is 171 Å². The zero-order chi connectivity index (χ0) is 25.7. The van der Waals surface area contributed by atoms with E-state index in [0.717, 1.165) is 6.92 Å². The molecule has 14 heteroatoms. The first kappa shape index (κ1) is 30.1. The summed E-state index contributed by atoms with van der Waals surface area (Å²) in [4.78, 5) is 0. The first-order chi connectivity index (χ1) is 13.2. The van der Waals surface area contributed by atoms with Crippen LogP contribution in [0.1, 0.15) is 54.9 Å². The summed E-state index contributed by atoms with van der Waals surface area (Å²) in [6.45, 7) is 2.17. The molecule has 2 nitrogen and oxygen atoms in total. The summed E-state index contributed by atoms with van der Waals surface area (Å²) in [6, 6.07) is 0. The van der Waals surface area contributed by atoms with Gasteiger partial charge in [0.25, 0.3) is 12.1 Å². The molecule has 0 aromatic carbocycles. The summed E-state index contributed by atoms with van der Waals surface area (Å²) in [5.74, 6) is -4.64. The van der Waals surface area contributed by atoms with Crippen LogP contribution in [0.3, 0.4) is 0 Å². The number of rotatable bonds is 9. The molecule has 0 saturated carbocycles. The Morgan fingerprint density at radius 2 is 1.00 bits per heavy atom. The van der Waals surface area contributed by atoms with Crippen molar-refractivity contribution in [1.29, 1.82) is 0 Å². The maximum absolute atomic E-state index is 14.8. The Bertz CT molecular complexity index is 624. The van der Waals surface area contributed by atoms with Gasteiger partial charge in [-0.3, -0.25) is 0 Å². The highest BCUT2D eigenvalue weighted by Gasteiger charge is 2.76. The molecule has 0 saturated heterocycles. The molecular formula is C17H24F12O2. The fourth-order valence-corrected chi connectivity index (χ4v) is 2.95. The summed E-state index contributed by atoms with van der Waals surface area (Å²) in [5.41, 5.74) is -15.3. The minimum Gasteiger partial charge on any atom is -0.324 e. The average Bonchev–Trinajstić information content (AvgIpc) is 2.48. The summed E-state index contributed by atoms with van der Waals surface area (Å²) in [6.07, 6.45) is -22.9. The highest BCUT2D eigenvalue weighted by atomic mass is 19.4. The lowest BCUT2D eigenvalue weighted by atomic mass is 9.62. The average molecular weight is 488 g/mol. The summed E-state index contributed by atoms with van der Waals surface area (Å²) < 4.78 is 170. The number of hydrogen-bond acceptors (Lipinski definition) is 2. The lowest BCUT2D eigenvalue weighted by Gasteiger charge is -2.53. The Morgan fingerprint density at radius 3 is 1.26 bits per heavy atom. The number of hydrogen-bond donors (Lipinski definition) is 0. The molecule has 188 valence electrons. The van der Waals surface area contributed by atoms with Crippen LogP contribution in [0.2, 0.25) is 0 Å². The minimum atomic E-state index is -6.23. The maximum Gasteiger partial charge on any atom is 0.448 e. The van der Waals surface area contributed by atoms with Crippen LogP contribution in [0.5, 0.6) is 0 Å². The van der Waals surface area contributed by atoms with E-state index >= 15 is 0 Å². The fourth-order valence-electron chi connectivity index (χ4n) is 2.95. The van der Waals surface area contributed by atoms with Gasteiger partial charge in [0.15, 0.2) is 5.60 Å². The van der Waals surface area contributed by atoms with Crippen LogP contribution in [0, 0.1) is 5.41 Å². The highest BCUT2D eigenvalue weighted by Crippen LogP contribution is 2.59. The molecule has 0 aliphatic heterocycles. The number of halogens is 12. The van der Waals surface area contributed by atoms with Gasteiger partial charge in [-0.25, -0.2) is 17.6 Å². The molecule has 0 fully saturated rings. The van der Waals surface area contributed by atoms with Crippen LogP contribution in [0.25, 0.3) is 0 Å². The molecule has 0 N–H and O–H groups in total. The van der Waals surface area contributed by atoms with Crippen LogP contribution in [0.4, 0.5) is 52.7 Å². The minimum absolute atomic E-state index is 0.232. The second kappa shape index (κ2) is 8.14. The molecule has 0 aromatic rings.